The lowest BCUT2D eigenvalue weighted by atomic mass is 10.0. The molecule has 1 amide bonds. The lowest BCUT2D eigenvalue weighted by Gasteiger charge is -2.30. The van der Waals surface area contributed by atoms with Gasteiger partial charge in [-0.15, -0.1) is 0 Å². The summed E-state index contributed by atoms with van der Waals surface area (Å²) in [6.07, 6.45) is 4.14. The molecule has 4 unspecified atom stereocenters. The summed E-state index contributed by atoms with van der Waals surface area (Å²) in [6.45, 7) is 3.12. The normalized spacial score (nSPS) is 31.1. The second kappa shape index (κ2) is 8.25. The maximum Gasteiger partial charge on any atom is 0.228 e. The van der Waals surface area contributed by atoms with Crippen LogP contribution in [0.15, 0.2) is 24.3 Å². The van der Waals surface area contributed by atoms with E-state index in [9.17, 15) is 9.18 Å². The van der Waals surface area contributed by atoms with Crippen molar-refractivity contribution in [1.29, 1.82) is 0 Å². The topological polar surface area (TPSA) is 118 Å². The zero-order chi connectivity index (χ0) is 16.8. The summed E-state index contributed by atoms with van der Waals surface area (Å²) < 4.78 is 18.8. The Morgan fingerprint density at radius 1 is 1.61 bits per heavy atom. The van der Waals surface area contributed by atoms with Crippen LogP contribution in [0, 0.1) is 5.92 Å². The van der Waals surface area contributed by atoms with Gasteiger partial charge in [-0.1, -0.05) is 0 Å². The Balaban J connectivity index is 1.93. The third kappa shape index (κ3) is 4.64. The van der Waals surface area contributed by atoms with Gasteiger partial charge >= 0.3 is 0 Å². The van der Waals surface area contributed by atoms with Gasteiger partial charge in [0.15, 0.2) is 0 Å². The number of amides is 1. The molecule has 4 atom stereocenters. The summed E-state index contributed by atoms with van der Waals surface area (Å²) in [6, 6.07) is -0.176. The van der Waals surface area contributed by atoms with Crippen molar-refractivity contribution in [2.24, 2.45) is 17.4 Å². The van der Waals surface area contributed by atoms with Crippen LogP contribution in [0.2, 0.25) is 0 Å². The van der Waals surface area contributed by atoms with Crippen LogP contribution >= 0.6 is 0 Å². The van der Waals surface area contributed by atoms with Crippen LogP contribution in [0.4, 0.5) is 4.39 Å². The quantitative estimate of drug-likeness (QED) is 0.402. The molecule has 2 heterocycles. The van der Waals surface area contributed by atoms with Crippen molar-refractivity contribution in [2.45, 2.75) is 25.2 Å². The second-order valence-corrected chi connectivity index (χ2v) is 5.50. The first kappa shape index (κ1) is 17.7. The molecule has 7 N–H and O–H groups in total. The van der Waals surface area contributed by atoms with Gasteiger partial charge in [-0.3, -0.25) is 4.79 Å². The number of hydrogen-bond donors (Lipinski definition) is 5. The van der Waals surface area contributed by atoms with E-state index >= 15 is 0 Å². The molecule has 9 heteroatoms. The Morgan fingerprint density at radius 3 is 3.09 bits per heavy atom. The van der Waals surface area contributed by atoms with Crippen molar-refractivity contribution in [3.8, 4) is 0 Å². The summed E-state index contributed by atoms with van der Waals surface area (Å²) in [4.78, 5) is 12.5. The van der Waals surface area contributed by atoms with Crippen molar-refractivity contribution in [1.82, 2.24) is 21.1 Å². The average Bonchev–Trinajstić information content (AvgIpc) is 2.90. The van der Waals surface area contributed by atoms with Gasteiger partial charge in [-0.05, 0) is 19.2 Å². The number of ether oxygens (including phenoxy) is 1. The molecule has 0 spiro atoms. The third-order valence-electron chi connectivity index (χ3n) is 3.79. The molecule has 0 bridgehead atoms. The van der Waals surface area contributed by atoms with E-state index in [0.717, 1.165) is 0 Å². The zero-order valence-electron chi connectivity index (χ0n) is 13.2. The Kier molecular flexibility index (Phi) is 6.34. The molecule has 2 aliphatic heterocycles. The number of halogens is 1. The minimum absolute atomic E-state index is 0.176. The molecule has 0 aliphatic carbocycles. The number of carbonyl (C=O) groups excluding carboxylic acids is 1. The Morgan fingerprint density at radius 2 is 2.39 bits per heavy atom. The van der Waals surface area contributed by atoms with E-state index in [2.05, 4.69) is 16.1 Å². The molecule has 1 saturated heterocycles. The number of hydrogen-bond acceptors (Lipinski definition) is 7. The van der Waals surface area contributed by atoms with Crippen molar-refractivity contribution < 1.29 is 13.9 Å². The smallest absolute Gasteiger partial charge is 0.228 e. The van der Waals surface area contributed by atoms with Crippen LogP contribution in [0.3, 0.4) is 0 Å². The van der Waals surface area contributed by atoms with Gasteiger partial charge in [-0.2, -0.15) is 0 Å². The predicted octanol–water partition coefficient (Wildman–Crippen LogP) is -1.52. The third-order valence-corrected chi connectivity index (χ3v) is 3.79. The standard InChI is InChI=1S/C14H25FN6O2/c1-2-23-12-3-4-18-6-11(12)19-14(22)10-8-21(20-13(10)17)7-9(15)5-16/h3-4,7,10-13,18,20H,2,5-6,8,16-17H2,1H3,(H,19,22)/b9-7+. The molecule has 0 aromatic carbocycles. The molecule has 0 radical (unpaired) electrons. The van der Waals surface area contributed by atoms with Gasteiger partial charge in [-0.25, -0.2) is 9.82 Å². The fourth-order valence-electron chi connectivity index (χ4n) is 2.61. The van der Waals surface area contributed by atoms with Gasteiger partial charge in [0.1, 0.15) is 5.83 Å². The highest BCUT2D eigenvalue weighted by molar-refractivity contribution is 5.80. The van der Waals surface area contributed by atoms with Crippen molar-refractivity contribution in [3.63, 3.8) is 0 Å². The van der Waals surface area contributed by atoms with Crippen LogP contribution in [0.1, 0.15) is 6.92 Å². The lowest BCUT2D eigenvalue weighted by molar-refractivity contribution is -0.126. The highest BCUT2D eigenvalue weighted by Crippen LogP contribution is 2.14. The monoisotopic (exact) mass is 328 g/mol. The number of nitrogens with one attached hydrogen (secondary N) is 3. The van der Waals surface area contributed by atoms with E-state index in [0.29, 0.717) is 13.2 Å². The molecule has 130 valence electrons. The molecule has 1 fully saturated rings. The van der Waals surface area contributed by atoms with Crippen LogP contribution in [0.5, 0.6) is 0 Å². The lowest BCUT2D eigenvalue weighted by Crippen LogP contribution is -2.54. The zero-order valence-corrected chi connectivity index (χ0v) is 13.2. The summed E-state index contributed by atoms with van der Waals surface area (Å²) >= 11 is 0. The summed E-state index contributed by atoms with van der Waals surface area (Å²) in [5, 5.41) is 7.47. The van der Waals surface area contributed by atoms with Gasteiger partial charge in [0.05, 0.1) is 24.2 Å². The molecule has 2 aliphatic rings. The second-order valence-electron chi connectivity index (χ2n) is 5.50. The molecule has 2 rings (SSSR count). The molecule has 0 saturated carbocycles. The van der Waals surface area contributed by atoms with Crippen molar-refractivity contribution in [2.75, 3.05) is 26.2 Å². The van der Waals surface area contributed by atoms with E-state index in [-0.39, 0.29) is 31.1 Å². The first-order valence-corrected chi connectivity index (χ1v) is 7.71. The Hall–Kier alpha value is -1.68. The molecular weight excluding hydrogens is 303 g/mol. The van der Waals surface area contributed by atoms with Crippen LogP contribution in [0.25, 0.3) is 0 Å². The number of nitrogens with zero attached hydrogens (tertiary/aromatic N) is 1. The maximum absolute atomic E-state index is 13.2. The van der Waals surface area contributed by atoms with Gasteiger partial charge in [0.25, 0.3) is 0 Å². The average molecular weight is 328 g/mol. The highest BCUT2D eigenvalue weighted by atomic mass is 19.1. The minimum atomic E-state index is -0.588. The molecule has 0 aromatic heterocycles. The molecule has 23 heavy (non-hydrogen) atoms. The first-order valence-electron chi connectivity index (χ1n) is 7.71. The Bertz CT molecular complexity index is 472. The fourth-order valence-corrected chi connectivity index (χ4v) is 2.61. The largest absolute Gasteiger partial charge is 0.389 e. The fraction of sp³-hybridized carbons (Fsp3) is 0.643. The first-order chi connectivity index (χ1) is 11.0. The SMILES string of the molecule is CCOC1C=CNCC1NC(=O)C1CN(/C=C(/F)CN)NC1N. The molecular formula is C14H25FN6O2. The number of hydrazine groups is 1. The van der Waals surface area contributed by atoms with E-state index in [4.69, 9.17) is 16.2 Å². The van der Waals surface area contributed by atoms with Gasteiger partial charge in [0.2, 0.25) is 5.91 Å². The number of carbonyl (C=O) groups is 1. The summed E-state index contributed by atoms with van der Waals surface area (Å²) in [5.74, 6) is -1.17. The van der Waals surface area contributed by atoms with Gasteiger partial charge < -0.3 is 31.8 Å². The van der Waals surface area contributed by atoms with Crippen LogP contribution in [-0.2, 0) is 9.53 Å². The van der Waals surface area contributed by atoms with Gasteiger partial charge in [0, 0.05) is 32.4 Å². The summed E-state index contributed by atoms with van der Waals surface area (Å²) in [5.41, 5.74) is 14.0. The highest BCUT2D eigenvalue weighted by Gasteiger charge is 2.36. The number of nitrogens with two attached hydrogens (primary N) is 2. The van der Waals surface area contributed by atoms with E-state index in [1.54, 1.807) is 0 Å². The predicted molar refractivity (Wildman–Crippen MR) is 84.0 cm³/mol. The summed E-state index contributed by atoms with van der Waals surface area (Å²) in [7, 11) is 0. The Labute approximate surface area is 135 Å². The molecule has 0 aromatic rings. The van der Waals surface area contributed by atoms with Crippen molar-refractivity contribution >= 4 is 5.91 Å². The van der Waals surface area contributed by atoms with Crippen molar-refractivity contribution in [3.05, 3.63) is 24.3 Å². The van der Waals surface area contributed by atoms with E-state index < -0.39 is 17.9 Å². The minimum Gasteiger partial charge on any atom is -0.389 e. The van der Waals surface area contributed by atoms with Crippen LogP contribution in [-0.4, -0.2) is 55.5 Å². The maximum atomic E-state index is 13.2. The van der Waals surface area contributed by atoms with Crippen LogP contribution < -0.4 is 27.5 Å². The van der Waals surface area contributed by atoms with E-state index in [1.165, 1.54) is 11.2 Å². The molecule has 8 nitrogen and oxygen atoms in total. The van der Waals surface area contributed by atoms with E-state index in [1.807, 2.05) is 19.2 Å². The number of rotatable bonds is 6.